The number of aromatic hydroxyl groups is 1. The molecule has 0 saturated heterocycles. The summed E-state index contributed by atoms with van der Waals surface area (Å²) >= 11 is 0. The summed E-state index contributed by atoms with van der Waals surface area (Å²) in [4.78, 5) is 0. The molecule has 0 spiro atoms. The molecule has 0 aliphatic carbocycles. The van der Waals surface area contributed by atoms with E-state index in [0.29, 0.717) is 11.7 Å². The minimum absolute atomic E-state index is 0.342. The fourth-order valence-corrected chi connectivity index (χ4v) is 2.75. The predicted octanol–water partition coefficient (Wildman–Crippen LogP) is 5.47. The van der Waals surface area contributed by atoms with Crippen molar-refractivity contribution < 1.29 is 5.11 Å². The lowest BCUT2D eigenvalue weighted by Crippen LogP contribution is -2.02. The largest absolute Gasteiger partial charge is 0.508 e. The smallest absolute Gasteiger partial charge is 0.115 e. The van der Waals surface area contributed by atoms with E-state index < -0.39 is 0 Å². The first-order valence-electron chi connectivity index (χ1n) is 8.09. The number of rotatable bonds is 7. The molecule has 0 fully saturated rings. The van der Waals surface area contributed by atoms with E-state index in [1.165, 1.54) is 36.0 Å². The van der Waals surface area contributed by atoms with Crippen molar-refractivity contribution in [2.75, 3.05) is 0 Å². The molecule has 0 heterocycles. The molecule has 1 N–H and O–H groups in total. The Bertz CT molecular complexity index is 525. The SMILES string of the molecule is CCCCc1ccc(CC(CC)c2ccc(O)cc2)cc1. The number of hydrogen-bond donors (Lipinski definition) is 1. The fraction of sp³-hybridized carbons (Fsp3) is 0.400. The van der Waals surface area contributed by atoms with E-state index in [1.54, 1.807) is 12.1 Å². The van der Waals surface area contributed by atoms with Crippen LogP contribution in [0.3, 0.4) is 0 Å². The molecular formula is C20H26O. The highest BCUT2D eigenvalue weighted by Crippen LogP contribution is 2.26. The molecule has 2 aromatic carbocycles. The molecule has 21 heavy (non-hydrogen) atoms. The van der Waals surface area contributed by atoms with Gasteiger partial charge in [0.1, 0.15) is 5.75 Å². The molecule has 0 radical (unpaired) electrons. The molecule has 1 atom stereocenters. The minimum atomic E-state index is 0.342. The first-order valence-corrected chi connectivity index (χ1v) is 8.09. The third-order valence-electron chi connectivity index (χ3n) is 4.18. The Morgan fingerprint density at radius 2 is 1.48 bits per heavy atom. The van der Waals surface area contributed by atoms with Crippen molar-refractivity contribution in [2.24, 2.45) is 0 Å². The van der Waals surface area contributed by atoms with Crippen LogP contribution in [0.1, 0.15) is 55.7 Å². The van der Waals surface area contributed by atoms with Gasteiger partial charge >= 0.3 is 0 Å². The van der Waals surface area contributed by atoms with Gasteiger partial charge in [0.25, 0.3) is 0 Å². The van der Waals surface area contributed by atoms with Crippen molar-refractivity contribution in [3.8, 4) is 5.75 Å². The van der Waals surface area contributed by atoms with Crippen LogP contribution >= 0.6 is 0 Å². The molecule has 0 aliphatic heterocycles. The molecule has 0 aromatic heterocycles. The van der Waals surface area contributed by atoms with Gasteiger partial charge in [0.2, 0.25) is 0 Å². The molecule has 2 aromatic rings. The molecule has 0 bridgehead atoms. The van der Waals surface area contributed by atoms with E-state index >= 15 is 0 Å². The molecule has 112 valence electrons. The van der Waals surface area contributed by atoms with E-state index in [9.17, 15) is 5.11 Å². The molecular weight excluding hydrogens is 256 g/mol. The van der Waals surface area contributed by atoms with E-state index in [0.717, 1.165) is 12.8 Å². The summed E-state index contributed by atoms with van der Waals surface area (Å²) in [5.41, 5.74) is 4.15. The predicted molar refractivity (Wildman–Crippen MR) is 89.9 cm³/mol. The average Bonchev–Trinajstić information content (AvgIpc) is 2.53. The van der Waals surface area contributed by atoms with Crippen molar-refractivity contribution in [3.63, 3.8) is 0 Å². The average molecular weight is 282 g/mol. The third-order valence-corrected chi connectivity index (χ3v) is 4.18. The van der Waals surface area contributed by atoms with E-state index in [1.807, 2.05) is 12.1 Å². The van der Waals surface area contributed by atoms with Crippen LogP contribution in [0.2, 0.25) is 0 Å². The van der Waals surface area contributed by atoms with Crippen molar-refractivity contribution in [1.29, 1.82) is 0 Å². The summed E-state index contributed by atoms with van der Waals surface area (Å²) in [7, 11) is 0. The maximum Gasteiger partial charge on any atom is 0.115 e. The Morgan fingerprint density at radius 1 is 0.857 bits per heavy atom. The summed E-state index contributed by atoms with van der Waals surface area (Å²) in [5.74, 6) is 0.862. The summed E-state index contributed by atoms with van der Waals surface area (Å²) in [6.45, 7) is 4.46. The molecule has 0 aliphatic rings. The lowest BCUT2D eigenvalue weighted by molar-refractivity contribution is 0.474. The second-order valence-electron chi connectivity index (χ2n) is 5.82. The first kappa shape index (κ1) is 15.6. The van der Waals surface area contributed by atoms with Crippen LogP contribution in [-0.4, -0.2) is 5.11 Å². The lowest BCUT2D eigenvalue weighted by atomic mass is 9.89. The Hall–Kier alpha value is -1.76. The molecule has 1 unspecified atom stereocenters. The van der Waals surface area contributed by atoms with Gasteiger partial charge in [0, 0.05) is 0 Å². The molecule has 1 nitrogen and oxygen atoms in total. The quantitative estimate of drug-likeness (QED) is 0.713. The van der Waals surface area contributed by atoms with Crippen molar-refractivity contribution in [3.05, 3.63) is 65.2 Å². The van der Waals surface area contributed by atoms with Crippen LogP contribution in [0.4, 0.5) is 0 Å². The summed E-state index contributed by atoms with van der Waals surface area (Å²) < 4.78 is 0. The Kier molecular flexibility index (Phi) is 5.86. The third kappa shape index (κ3) is 4.63. The highest BCUT2D eigenvalue weighted by molar-refractivity contribution is 5.30. The Balaban J connectivity index is 2.02. The number of phenolic OH excluding ortho intramolecular Hbond substituents is 1. The second kappa shape index (κ2) is 7.87. The first-order chi connectivity index (χ1) is 10.2. The number of hydrogen-bond acceptors (Lipinski definition) is 1. The van der Waals surface area contributed by atoms with Gasteiger partial charge in [-0.2, -0.15) is 0 Å². The second-order valence-corrected chi connectivity index (χ2v) is 5.82. The summed E-state index contributed by atoms with van der Waals surface area (Å²) in [6, 6.07) is 16.7. The van der Waals surface area contributed by atoms with Gasteiger partial charge in [-0.15, -0.1) is 0 Å². The zero-order valence-corrected chi connectivity index (χ0v) is 13.2. The standard InChI is InChI=1S/C20H26O/c1-3-5-6-16-7-9-17(10-8-16)15-18(4-2)19-11-13-20(21)14-12-19/h7-14,18,21H,3-6,15H2,1-2H3. The van der Waals surface area contributed by atoms with Crippen LogP contribution in [0.15, 0.2) is 48.5 Å². The van der Waals surface area contributed by atoms with Crippen LogP contribution in [0.25, 0.3) is 0 Å². The monoisotopic (exact) mass is 282 g/mol. The van der Waals surface area contributed by atoms with Crippen molar-refractivity contribution in [2.45, 2.75) is 51.9 Å². The van der Waals surface area contributed by atoms with Crippen LogP contribution < -0.4 is 0 Å². The zero-order chi connectivity index (χ0) is 15.1. The van der Waals surface area contributed by atoms with Crippen LogP contribution in [-0.2, 0) is 12.8 Å². The van der Waals surface area contributed by atoms with Gasteiger partial charge in [-0.05, 0) is 60.4 Å². The highest BCUT2D eigenvalue weighted by Gasteiger charge is 2.10. The van der Waals surface area contributed by atoms with Gasteiger partial charge < -0.3 is 5.11 Å². The van der Waals surface area contributed by atoms with E-state index in [2.05, 4.69) is 38.1 Å². The molecule has 2 rings (SSSR count). The summed E-state index contributed by atoms with van der Waals surface area (Å²) in [6.07, 6.45) is 5.88. The summed E-state index contributed by atoms with van der Waals surface area (Å²) in [5, 5.41) is 9.40. The molecule has 1 heteroatoms. The minimum Gasteiger partial charge on any atom is -0.508 e. The fourth-order valence-electron chi connectivity index (χ4n) is 2.75. The lowest BCUT2D eigenvalue weighted by Gasteiger charge is -2.16. The Morgan fingerprint density at radius 3 is 2.05 bits per heavy atom. The van der Waals surface area contributed by atoms with Crippen molar-refractivity contribution >= 4 is 0 Å². The molecule has 0 saturated carbocycles. The topological polar surface area (TPSA) is 20.2 Å². The van der Waals surface area contributed by atoms with Gasteiger partial charge in [-0.1, -0.05) is 56.7 Å². The van der Waals surface area contributed by atoms with Gasteiger partial charge in [0.15, 0.2) is 0 Å². The van der Waals surface area contributed by atoms with E-state index in [4.69, 9.17) is 0 Å². The van der Waals surface area contributed by atoms with Gasteiger partial charge in [-0.25, -0.2) is 0 Å². The number of aryl methyl sites for hydroxylation is 1. The van der Waals surface area contributed by atoms with Crippen LogP contribution in [0.5, 0.6) is 5.75 Å². The number of benzene rings is 2. The zero-order valence-electron chi connectivity index (χ0n) is 13.2. The normalized spacial score (nSPS) is 12.3. The highest BCUT2D eigenvalue weighted by atomic mass is 16.3. The number of unbranched alkanes of at least 4 members (excludes halogenated alkanes) is 1. The maximum absolute atomic E-state index is 9.40. The van der Waals surface area contributed by atoms with Crippen LogP contribution in [0, 0.1) is 0 Å². The van der Waals surface area contributed by atoms with Gasteiger partial charge in [0.05, 0.1) is 0 Å². The van der Waals surface area contributed by atoms with Gasteiger partial charge in [-0.3, -0.25) is 0 Å². The Labute approximate surface area is 128 Å². The van der Waals surface area contributed by atoms with E-state index in [-0.39, 0.29) is 0 Å². The molecule has 0 amide bonds. The maximum atomic E-state index is 9.40. The van der Waals surface area contributed by atoms with Crippen molar-refractivity contribution in [1.82, 2.24) is 0 Å². The number of phenols is 1.